The van der Waals surface area contributed by atoms with Gasteiger partial charge >= 0.3 is 0 Å². The van der Waals surface area contributed by atoms with Crippen molar-refractivity contribution in [1.82, 2.24) is 3.97 Å². The molecule has 2 N–H and O–H groups in total. The van der Waals surface area contributed by atoms with Crippen molar-refractivity contribution in [2.45, 2.75) is 0 Å². The molecule has 1 heterocycles. The zero-order valence-electron chi connectivity index (χ0n) is 6.54. The topological polar surface area (TPSA) is 62.5 Å². The van der Waals surface area contributed by atoms with Gasteiger partial charge in [-0.15, -0.1) is 0 Å². The molecule has 5 heteroatoms. The Kier molecular flexibility index (Phi) is 1.82. The quantitative estimate of drug-likeness (QED) is 0.678. The van der Waals surface area contributed by atoms with Gasteiger partial charge in [0, 0.05) is 11.6 Å². The molecular weight excluding hydrogens is 190 g/mol. The standard InChI is InChI=1S/C8H7NO3S/c10-8-3-1-2-7-6(8)4-5-9(7)13(11)12/h1-5,10H,(H,11,12). The fourth-order valence-corrected chi connectivity index (χ4v) is 1.76. The third-order valence-corrected chi connectivity index (χ3v) is 2.50. The van der Waals surface area contributed by atoms with Gasteiger partial charge in [-0.1, -0.05) is 6.07 Å². The molecule has 0 saturated heterocycles. The maximum Gasteiger partial charge on any atom is 0.266 e. The summed E-state index contributed by atoms with van der Waals surface area (Å²) in [7, 11) is 0. The van der Waals surface area contributed by atoms with Crippen LogP contribution in [-0.4, -0.2) is 17.8 Å². The van der Waals surface area contributed by atoms with Gasteiger partial charge in [-0.2, -0.15) is 0 Å². The Bertz CT molecular complexity index is 477. The van der Waals surface area contributed by atoms with E-state index in [1.54, 1.807) is 18.2 Å². The molecular formula is C8H7NO3S. The van der Waals surface area contributed by atoms with E-state index in [-0.39, 0.29) is 5.75 Å². The number of hydrogen-bond donors (Lipinski definition) is 2. The molecule has 4 nitrogen and oxygen atoms in total. The van der Waals surface area contributed by atoms with Crippen LogP contribution < -0.4 is 0 Å². The molecule has 0 bridgehead atoms. The molecule has 68 valence electrons. The Morgan fingerprint density at radius 2 is 2.08 bits per heavy atom. The first-order valence-electron chi connectivity index (χ1n) is 3.60. The minimum absolute atomic E-state index is 0.113. The summed E-state index contributed by atoms with van der Waals surface area (Å²) < 4.78 is 20.8. The molecule has 1 atom stereocenters. The van der Waals surface area contributed by atoms with Crippen LogP contribution in [0.4, 0.5) is 0 Å². The van der Waals surface area contributed by atoms with Gasteiger partial charge in [-0.25, -0.2) is 8.18 Å². The molecule has 0 aliphatic heterocycles. The summed E-state index contributed by atoms with van der Waals surface area (Å²) in [6.45, 7) is 0. The summed E-state index contributed by atoms with van der Waals surface area (Å²) in [5.74, 6) is 0.113. The number of phenolic OH excluding ortho intramolecular Hbond substituents is 1. The summed E-state index contributed by atoms with van der Waals surface area (Å²) in [6, 6.07) is 6.43. The van der Waals surface area contributed by atoms with Crippen molar-refractivity contribution in [2.24, 2.45) is 0 Å². The maximum atomic E-state index is 10.8. The second kappa shape index (κ2) is 2.86. The molecule has 2 aromatic rings. The van der Waals surface area contributed by atoms with Crippen molar-refractivity contribution in [1.29, 1.82) is 0 Å². The second-order valence-electron chi connectivity index (χ2n) is 2.58. The SMILES string of the molecule is O=S(O)n1ccc2c(O)cccc21. The van der Waals surface area contributed by atoms with E-state index in [1.165, 1.54) is 16.2 Å². The molecule has 0 spiro atoms. The first-order chi connectivity index (χ1) is 6.20. The van der Waals surface area contributed by atoms with E-state index in [0.29, 0.717) is 10.9 Å². The van der Waals surface area contributed by atoms with Crippen LogP contribution in [-0.2, 0) is 11.3 Å². The monoisotopic (exact) mass is 197 g/mol. The number of nitrogens with zero attached hydrogens (tertiary/aromatic N) is 1. The summed E-state index contributed by atoms with van der Waals surface area (Å²) in [4.78, 5) is 0. The molecule has 2 rings (SSSR count). The van der Waals surface area contributed by atoms with Crippen molar-refractivity contribution < 1.29 is 13.9 Å². The van der Waals surface area contributed by atoms with E-state index in [1.807, 2.05) is 0 Å². The zero-order chi connectivity index (χ0) is 9.42. The van der Waals surface area contributed by atoms with Gasteiger partial charge in [0.2, 0.25) is 0 Å². The highest BCUT2D eigenvalue weighted by molar-refractivity contribution is 7.77. The van der Waals surface area contributed by atoms with Gasteiger partial charge in [0.05, 0.1) is 5.52 Å². The van der Waals surface area contributed by atoms with E-state index in [0.717, 1.165) is 0 Å². The third kappa shape index (κ3) is 1.22. The van der Waals surface area contributed by atoms with Crippen molar-refractivity contribution >= 4 is 22.2 Å². The van der Waals surface area contributed by atoms with E-state index in [2.05, 4.69) is 0 Å². The Labute approximate surface area is 76.8 Å². The Hall–Kier alpha value is -1.33. The Balaban J connectivity index is 2.83. The van der Waals surface area contributed by atoms with Crippen LogP contribution in [0, 0.1) is 0 Å². The molecule has 0 aliphatic carbocycles. The zero-order valence-corrected chi connectivity index (χ0v) is 7.36. The minimum Gasteiger partial charge on any atom is -0.507 e. The number of aromatic hydroxyl groups is 1. The van der Waals surface area contributed by atoms with Gasteiger partial charge in [-0.3, -0.25) is 4.55 Å². The van der Waals surface area contributed by atoms with Crippen molar-refractivity contribution in [3.8, 4) is 5.75 Å². The number of benzene rings is 1. The fourth-order valence-electron chi connectivity index (χ4n) is 1.26. The van der Waals surface area contributed by atoms with Gasteiger partial charge in [0.25, 0.3) is 11.3 Å². The van der Waals surface area contributed by atoms with Crippen LogP contribution >= 0.6 is 0 Å². The number of fused-ring (bicyclic) bond motifs is 1. The van der Waals surface area contributed by atoms with Crippen molar-refractivity contribution in [3.63, 3.8) is 0 Å². The lowest BCUT2D eigenvalue weighted by atomic mass is 10.2. The lowest BCUT2D eigenvalue weighted by molar-refractivity contribution is 0.481. The molecule has 0 aliphatic rings. The first-order valence-corrected chi connectivity index (χ1v) is 4.67. The summed E-state index contributed by atoms with van der Waals surface area (Å²) in [6.07, 6.45) is 1.46. The van der Waals surface area contributed by atoms with Crippen LogP contribution in [0.25, 0.3) is 10.9 Å². The van der Waals surface area contributed by atoms with E-state index in [9.17, 15) is 9.32 Å². The highest BCUT2D eigenvalue weighted by atomic mass is 32.2. The predicted octanol–water partition coefficient (Wildman–Crippen LogP) is 1.33. The van der Waals surface area contributed by atoms with Crippen molar-refractivity contribution in [2.75, 3.05) is 0 Å². The molecule has 1 unspecified atom stereocenters. The molecule has 1 aromatic heterocycles. The van der Waals surface area contributed by atoms with Crippen LogP contribution in [0.3, 0.4) is 0 Å². The smallest absolute Gasteiger partial charge is 0.266 e. The van der Waals surface area contributed by atoms with E-state index in [4.69, 9.17) is 4.55 Å². The van der Waals surface area contributed by atoms with Crippen molar-refractivity contribution in [3.05, 3.63) is 30.5 Å². The average Bonchev–Trinajstić information content (AvgIpc) is 2.48. The maximum absolute atomic E-state index is 10.8. The molecule has 13 heavy (non-hydrogen) atoms. The normalized spacial score (nSPS) is 13.3. The molecule has 0 fully saturated rings. The Morgan fingerprint density at radius 3 is 2.77 bits per heavy atom. The first kappa shape index (κ1) is 8.28. The number of phenols is 1. The minimum atomic E-state index is -2.08. The summed E-state index contributed by atoms with van der Waals surface area (Å²) >= 11 is -2.08. The van der Waals surface area contributed by atoms with E-state index >= 15 is 0 Å². The summed E-state index contributed by atoms with van der Waals surface area (Å²) in [5.41, 5.74) is 0.542. The number of rotatable bonds is 1. The van der Waals surface area contributed by atoms with Gasteiger partial charge in [-0.05, 0) is 18.2 Å². The largest absolute Gasteiger partial charge is 0.507 e. The predicted molar refractivity (Wildman–Crippen MR) is 49.8 cm³/mol. The number of aromatic nitrogens is 1. The average molecular weight is 197 g/mol. The fraction of sp³-hybridized carbons (Fsp3) is 0. The van der Waals surface area contributed by atoms with Crippen LogP contribution in [0.15, 0.2) is 30.5 Å². The second-order valence-corrected chi connectivity index (χ2v) is 3.44. The third-order valence-electron chi connectivity index (χ3n) is 1.84. The summed E-state index contributed by atoms with van der Waals surface area (Å²) in [5, 5.41) is 9.95. The lowest BCUT2D eigenvalue weighted by Crippen LogP contribution is -1.99. The van der Waals surface area contributed by atoms with Crippen LogP contribution in [0.5, 0.6) is 5.75 Å². The van der Waals surface area contributed by atoms with E-state index < -0.39 is 11.3 Å². The molecule has 0 amide bonds. The molecule has 1 aromatic carbocycles. The van der Waals surface area contributed by atoms with Gasteiger partial charge < -0.3 is 5.11 Å². The highest BCUT2D eigenvalue weighted by Crippen LogP contribution is 2.25. The van der Waals surface area contributed by atoms with Crippen LogP contribution in [0.2, 0.25) is 0 Å². The van der Waals surface area contributed by atoms with Gasteiger partial charge in [0.15, 0.2) is 0 Å². The molecule has 0 saturated carbocycles. The Morgan fingerprint density at radius 1 is 1.31 bits per heavy atom. The lowest BCUT2D eigenvalue weighted by Gasteiger charge is -1.98. The highest BCUT2D eigenvalue weighted by Gasteiger charge is 2.06. The van der Waals surface area contributed by atoms with Crippen LogP contribution in [0.1, 0.15) is 0 Å². The molecule has 0 radical (unpaired) electrons. The number of hydrogen-bond acceptors (Lipinski definition) is 2. The van der Waals surface area contributed by atoms with Gasteiger partial charge in [0.1, 0.15) is 5.75 Å².